The first-order valence-electron chi connectivity index (χ1n) is 11.4. The van der Waals surface area contributed by atoms with Crippen LogP contribution in [-0.2, 0) is 24.2 Å². The second kappa shape index (κ2) is 10.9. The van der Waals surface area contributed by atoms with Gasteiger partial charge in [0.05, 0.1) is 18.7 Å². The summed E-state index contributed by atoms with van der Waals surface area (Å²) in [5.74, 6) is -0.346. The number of aromatic amines is 1. The summed E-state index contributed by atoms with van der Waals surface area (Å²) in [7, 11) is 0. The first kappa shape index (κ1) is 24.1. The second-order valence-electron chi connectivity index (χ2n) is 8.23. The van der Waals surface area contributed by atoms with Crippen molar-refractivity contribution in [3.05, 3.63) is 87.7 Å². The maximum atomic E-state index is 13.4. The van der Waals surface area contributed by atoms with E-state index < -0.39 is 0 Å². The molecule has 0 atom stereocenters. The van der Waals surface area contributed by atoms with Gasteiger partial charge < -0.3 is 19.9 Å². The molecule has 3 rings (SSSR count). The molecule has 0 unspecified atom stereocenters. The Hall–Kier alpha value is -3.54. The number of nitrogens with one attached hydrogen (secondary N) is 2. The van der Waals surface area contributed by atoms with Crippen molar-refractivity contribution >= 4 is 17.7 Å². The quantitative estimate of drug-likeness (QED) is 0.421. The monoisotopic (exact) mass is 447 g/mol. The van der Waals surface area contributed by atoms with Crippen molar-refractivity contribution in [2.45, 2.75) is 54.1 Å². The molecule has 6 heteroatoms. The van der Waals surface area contributed by atoms with Gasteiger partial charge in [0, 0.05) is 23.6 Å². The van der Waals surface area contributed by atoms with Gasteiger partial charge in [0.1, 0.15) is 0 Å². The summed E-state index contributed by atoms with van der Waals surface area (Å²) in [6.45, 7) is 10.7. The number of anilines is 1. The van der Waals surface area contributed by atoms with Gasteiger partial charge in [-0.25, -0.2) is 9.59 Å². The molecule has 33 heavy (non-hydrogen) atoms. The Bertz CT molecular complexity index is 1120. The first-order chi connectivity index (χ1) is 15.8. The van der Waals surface area contributed by atoms with E-state index in [9.17, 15) is 9.59 Å². The molecular formula is C27H33N3O3. The molecular weight excluding hydrogens is 414 g/mol. The lowest BCUT2D eigenvalue weighted by atomic mass is 10.1. The van der Waals surface area contributed by atoms with Gasteiger partial charge in [-0.2, -0.15) is 0 Å². The number of aromatic nitrogens is 1. The maximum absolute atomic E-state index is 13.4. The van der Waals surface area contributed by atoms with Gasteiger partial charge in [0.2, 0.25) is 0 Å². The second-order valence-corrected chi connectivity index (χ2v) is 8.23. The lowest BCUT2D eigenvalue weighted by molar-refractivity contribution is 0.0525. The number of ether oxygens (including phenoxy) is 1. The van der Waals surface area contributed by atoms with Crippen LogP contribution < -0.4 is 5.32 Å². The Kier molecular flexibility index (Phi) is 7.93. The molecule has 0 aliphatic heterocycles. The number of hydrogen-bond donors (Lipinski definition) is 2. The summed E-state index contributed by atoms with van der Waals surface area (Å²) in [6, 6.07) is 15.8. The van der Waals surface area contributed by atoms with E-state index in [-0.39, 0.29) is 12.0 Å². The van der Waals surface area contributed by atoms with Crippen molar-refractivity contribution in [3.8, 4) is 0 Å². The van der Waals surface area contributed by atoms with Gasteiger partial charge in [0.25, 0.3) is 0 Å². The number of hydrogen-bond acceptors (Lipinski definition) is 3. The molecule has 1 aromatic heterocycles. The number of nitrogens with zero attached hydrogens (tertiary/aromatic N) is 1. The Labute approximate surface area is 196 Å². The molecule has 0 radical (unpaired) electrons. The van der Waals surface area contributed by atoms with E-state index in [1.54, 1.807) is 11.8 Å². The summed E-state index contributed by atoms with van der Waals surface area (Å²) in [6.07, 6.45) is 0.826. The van der Waals surface area contributed by atoms with Crippen LogP contribution in [0.2, 0.25) is 0 Å². The molecule has 3 aromatic rings. The normalized spacial score (nSPS) is 10.7. The van der Waals surface area contributed by atoms with Gasteiger partial charge in [-0.05, 0) is 56.9 Å². The lowest BCUT2D eigenvalue weighted by Crippen LogP contribution is -2.34. The molecule has 0 spiro atoms. The first-order valence-corrected chi connectivity index (χ1v) is 11.4. The van der Waals surface area contributed by atoms with E-state index in [0.717, 1.165) is 40.2 Å². The van der Waals surface area contributed by atoms with Crippen molar-refractivity contribution in [3.63, 3.8) is 0 Å². The van der Waals surface area contributed by atoms with Crippen molar-refractivity contribution < 1.29 is 14.3 Å². The number of para-hydroxylation sites is 1. The third kappa shape index (κ3) is 5.83. The topological polar surface area (TPSA) is 74.4 Å². The van der Waals surface area contributed by atoms with E-state index in [1.807, 2.05) is 69.3 Å². The Morgan fingerprint density at radius 1 is 0.970 bits per heavy atom. The molecule has 0 aliphatic rings. The number of aryl methyl sites for hydroxylation is 3. The Morgan fingerprint density at radius 2 is 1.67 bits per heavy atom. The number of esters is 1. The minimum Gasteiger partial charge on any atom is -0.462 e. The van der Waals surface area contributed by atoms with Crippen LogP contribution in [0.5, 0.6) is 0 Å². The van der Waals surface area contributed by atoms with Crippen molar-refractivity contribution in [1.82, 2.24) is 9.88 Å². The van der Waals surface area contributed by atoms with E-state index >= 15 is 0 Å². The van der Waals surface area contributed by atoms with Crippen LogP contribution in [0.15, 0.2) is 48.5 Å². The van der Waals surface area contributed by atoms with Crippen molar-refractivity contribution in [2.75, 3.05) is 11.9 Å². The van der Waals surface area contributed by atoms with Gasteiger partial charge in [-0.3, -0.25) is 0 Å². The fourth-order valence-electron chi connectivity index (χ4n) is 3.93. The number of carbonyl (C=O) groups is 2. The Balaban J connectivity index is 1.90. The van der Waals surface area contributed by atoms with E-state index in [2.05, 4.69) is 17.2 Å². The van der Waals surface area contributed by atoms with Crippen LogP contribution in [0.25, 0.3) is 0 Å². The van der Waals surface area contributed by atoms with Crippen LogP contribution in [-0.4, -0.2) is 28.5 Å². The summed E-state index contributed by atoms with van der Waals surface area (Å²) < 4.78 is 5.21. The molecule has 2 aromatic carbocycles. The fourth-order valence-corrected chi connectivity index (χ4v) is 3.93. The number of rotatable bonds is 8. The molecule has 2 N–H and O–H groups in total. The van der Waals surface area contributed by atoms with Crippen molar-refractivity contribution in [2.24, 2.45) is 0 Å². The SMILES string of the molecule is CCOC(=O)c1c(C)[nH]c(CN(Cc2ccc(C)cc2)C(=O)Nc2ccccc2CC)c1C. The number of benzene rings is 2. The van der Waals surface area contributed by atoms with E-state index in [1.165, 1.54) is 5.56 Å². The summed E-state index contributed by atoms with van der Waals surface area (Å²) in [5.41, 5.74) is 7.01. The zero-order valence-electron chi connectivity index (χ0n) is 20.1. The van der Waals surface area contributed by atoms with Crippen LogP contribution in [0, 0.1) is 20.8 Å². The van der Waals surface area contributed by atoms with Crippen LogP contribution in [0.3, 0.4) is 0 Å². The maximum Gasteiger partial charge on any atom is 0.340 e. The molecule has 6 nitrogen and oxygen atoms in total. The Morgan fingerprint density at radius 3 is 2.33 bits per heavy atom. The minimum absolute atomic E-state index is 0.194. The zero-order chi connectivity index (χ0) is 24.0. The smallest absolute Gasteiger partial charge is 0.340 e. The van der Waals surface area contributed by atoms with Crippen LogP contribution >= 0.6 is 0 Å². The highest BCUT2D eigenvalue weighted by molar-refractivity contribution is 5.93. The molecule has 0 saturated heterocycles. The predicted octanol–water partition coefficient (Wildman–Crippen LogP) is 5.91. The average Bonchev–Trinajstić information content (AvgIpc) is 3.08. The van der Waals surface area contributed by atoms with Gasteiger partial charge in [0.15, 0.2) is 0 Å². The van der Waals surface area contributed by atoms with E-state index in [0.29, 0.717) is 25.3 Å². The average molecular weight is 448 g/mol. The number of carbonyl (C=O) groups excluding carboxylic acids is 2. The minimum atomic E-state index is -0.346. The number of amides is 2. The summed E-state index contributed by atoms with van der Waals surface area (Å²) in [4.78, 5) is 30.9. The highest BCUT2D eigenvalue weighted by Crippen LogP contribution is 2.23. The third-order valence-corrected chi connectivity index (χ3v) is 5.79. The lowest BCUT2D eigenvalue weighted by Gasteiger charge is -2.24. The van der Waals surface area contributed by atoms with E-state index in [4.69, 9.17) is 4.74 Å². The predicted molar refractivity (Wildman–Crippen MR) is 131 cm³/mol. The molecule has 0 bridgehead atoms. The summed E-state index contributed by atoms with van der Waals surface area (Å²) in [5, 5.41) is 3.08. The highest BCUT2D eigenvalue weighted by atomic mass is 16.5. The molecule has 0 saturated carbocycles. The summed E-state index contributed by atoms with van der Waals surface area (Å²) >= 11 is 0. The zero-order valence-corrected chi connectivity index (χ0v) is 20.1. The number of urea groups is 1. The van der Waals surface area contributed by atoms with Gasteiger partial charge >= 0.3 is 12.0 Å². The standard InChI is InChI=1S/C27H33N3O3/c1-6-22-10-8-9-11-23(22)29-27(32)30(16-21-14-12-18(3)13-15-21)17-24-19(4)25(20(5)28-24)26(31)33-7-2/h8-15,28H,6-7,16-17H2,1-5H3,(H,29,32). The van der Waals surface area contributed by atoms with Gasteiger partial charge in [-0.15, -0.1) is 0 Å². The largest absolute Gasteiger partial charge is 0.462 e. The fraction of sp³-hybridized carbons (Fsp3) is 0.333. The molecule has 0 aliphatic carbocycles. The molecule has 174 valence electrons. The van der Waals surface area contributed by atoms with Gasteiger partial charge in [-0.1, -0.05) is 55.0 Å². The highest BCUT2D eigenvalue weighted by Gasteiger charge is 2.23. The van der Waals surface area contributed by atoms with Crippen LogP contribution in [0.1, 0.15) is 57.8 Å². The van der Waals surface area contributed by atoms with Crippen LogP contribution in [0.4, 0.5) is 10.5 Å². The molecule has 2 amide bonds. The number of H-pyrrole nitrogens is 1. The molecule has 1 heterocycles. The van der Waals surface area contributed by atoms with Crippen molar-refractivity contribution in [1.29, 1.82) is 0 Å². The third-order valence-electron chi connectivity index (χ3n) is 5.79. The molecule has 0 fully saturated rings.